The van der Waals surface area contributed by atoms with E-state index < -0.39 is 5.97 Å². The van der Waals surface area contributed by atoms with Crippen LogP contribution in [0.5, 0.6) is 0 Å². The molecule has 1 fully saturated rings. The topological polar surface area (TPSA) is 58.4 Å². The minimum absolute atomic E-state index is 0.226. The standard InChI is InChI=1S/C12H19N3O2/c1-8-4-5-15(11(8)12(16)17)7-10-6-13-14(3)9(10)2/h6,8,11H,4-5,7H2,1-3H3,(H,16,17). The number of aliphatic carboxylic acids is 1. The highest BCUT2D eigenvalue weighted by atomic mass is 16.4. The fourth-order valence-corrected chi connectivity index (χ4v) is 2.52. The monoisotopic (exact) mass is 237 g/mol. The van der Waals surface area contributed by atoms with Crippen LogP contribution in [-0.4, -0.2) is 38.3 Å². The molecule has 1 aromatic rings. The van der Waals surface area contributed by atoms with Gasteiger partial charge >= 0.3 is 5.97 Å². The molecule has 5 heteroatoms. The highest BCUT2D eigenvalue weighted by molar-refractivity contribution is 5.74. The molecule has 2 rings (SSSR count). The van der Waals surface area contributed by atoms with Gasteiger partial charge in [-0.3, -0.25) is 14.4 Å². The van der Waals surface area contributed by atoms with Crippen LogP contribution in [0.4, 0.5) is 0 Å². The summed E-state index contributed by atoms with van der Waals surface area (Å²) in [5.41, 5.74) is 2.22. The molecule has 2 heterocycles. The Balaban J connectivity index is 2.13. The van der Waals surface area contributed by atoms with Gasteiger partial charge in [0.15, 0.2) is 0 Å². The summed E-state index contributed by atoms with van der Waals surface area (Å²) in [7, 11) is 1.90. The lowest BCUT2D eigenvalue weighted by Gasteiger charge is -2.22. The van der Waals surface area contributed by atoms with Gasteiger partial charge in [-0.25, -0.2) is 0 Å². The van der Waals surface area contributed by atoms with Gasteiger partial charge < -0.3 is 5.11 Å². The van der Waals surface area contributed by atoms with Crippen LogP contribution in [0.3, 0.4) is 0 Å². The van der Waals surface area contributed by atoms with E-state index >= 15 is 0 Å². The first-order chi connectivity index (χ1) is 8.00. The van der Waals surface area contributed by atoms with Crippen LogP contribution in [0, 0.1) is 12.8 Å². The predicted molar refractivity (Wildman–Crippen MR) is 63.6 cm³/mol. The van der Waals surface area contributed by atoms with Crippen molar-refractivity contribution in [1.82, 2.24) is 14.7 Å². The third kappa shape index (κ3) is 2.20. The lowest BCUT2D eigenvalue weighted by atomic mass is 10.0. The molecule has 1 aliphatic rings. The minimum Gasteiger partial charge on any atom is -0.480 e. The van der Waals surface area contributed by atoms with Crippen LogP contribution in [0.25, 0.3) is 0 Å². The average Bonchev–Trinajstić information content (AvgIpc) is 2.77. The van der Waals surface area contributed by atoms with E-state index in [1.54, 1.807) is 0 Å². The molecule has 5 nitrogen and oxygen atoms in total. The molecule has 0 bridgehead atoms. The zero-order chi connectivity index (χ0) is 12.6. The van der Waals surface area contributed by atoms with Crippen molar-refractivity contribution in [3.8, 4) is 0 Å². The van der Waals surface area contributed by atoms with Crippen molar-refractivity contribution >= 4 is 5.97 Å². The normalized spacial score (nSPS) is 25.4. The molecule has 2 unspecified atom stereocenters. The van der Waals surface area contributed by atoms with Crippen LogP contribution in [-0.2, 0) is 18.4 Å². The third-order valence-electron chi connectivity index (χ3n) is 3.77. The van der Waals surface area contributed by atoms with Crippen LogP contribution >= 0.6 is 0 Å². The number of carboxylic acids is 1. The van der Waals surface area contributed by atoms with Crippen molar-refractivity contribution < 1.29 is 9.90 Å². The fraction of sp³-hybridized carbons (Fsp3) is 0.667. The van der Waals surface area contributed by atoms with Crippen LogP contribution in [0.2, 0.25) is 0 Å². The largest absolute Gasteiger partial charge is 0.480 e. The third-order valence-corrected chi connectivity index (χ3v) is 3.77. The molecule has 0 spiro atoms. The summed E-state index contributed by atoms with van der Waals surface area (Å²) < 4.78 is 1.82. The first-order valence-corrected chi connectivity index (χ1v) is 5.95. The van der Waals surface area contributed by atoms with Gasteiger partial charge in [-0.15, -0.1) is 0 Å². The van der Waals surface area contributed by atoms with Crippen molar-refractivity contribution in [3.63, 3.8) is 0 Å². The summed E-state index contributed by atoms with van der Waals surface area (Å²) in [4.78, 5) is 13.3. The van der Waals surface area contributed by atoms with E-state index in [-0.39, 0.29) is 12.0 Å². The number of rotatable bonds is 3. The Labute approximate surface area is 101 Å². The highest BCUT2D eigenvalue weighted by Gasteiger charge is 2.36. The average molecular weight is 237 g/mol. The first-order valence-electron chi connectivity index (χ1n) is 5.95. The van der Waals surface area contributed by atoms with Crippen LogP contribution in [0.15, 0.2) is 6.20 Å². The SMILES string of the molecule is Cc1c(CN2CCC(C)C2C(=O)O)cnn1C. The molecule has 17 heavy (non-hydrogen) atoms. The van der Waals surface area contributed by atoms with Gasteiger partial charge in [-0.1, -0.05) is 6.92 Å². The molecule has 94 valence electrons. The summed E-state index contributed by atoms with van der Waals surface area (Å²) in [5.74, 6) is -0.485. The quantitative estimate of drug-likeness (QED) is 0.853. The molecule has 0 aromatic carbocycles. The molecule has 0 saturated carbocycles. The fourth-order valence-electron chi connectivity index (χ4n) is 2.52. The Bertz CT molecular complexity index is 427. The Morgan fingerprint density at radius 1 is 1.65 bits per heavy atom. The Morgan fingerprint density at radius 2 is 2.35 bits per heavy atom. The predicted octanol–water partition coefficient (Wildman–Crippen LogP) is 1.02. The van der Waals surface area contributed by atoms with E-state index in [1.165, 1.54) is 0 Å². The Kier molecular flexibility index (Phi) is 3.19. The Hall–Kier alpha value is -1.36. The van der Waals surface area contributed by atoms with Gasteiger partial charge in [0.05, 0.1) is 6.20 Å². The van der Waals surface area contributed by atoms with Crippen molar-refractivity contribution in [2.24, 2.45) is 13.0 Å². The lowest BCUT2D eigenvalue weighted by molar-refractivity contribution is -0.143. The molecule has 0 aliphatic carbocycles. The Morgan fingerprint density at radius 3 is 2.88 bits per heavy atom. The number of nitrogens with zero attached hydrogens (tertiary/aromatic N) is 3. The van der Waals surface area contributed by atoms with E-state index in [2.05, 4.69) is 5.10 Å². The second kappa shape index (κ2) is 4.49. The van der Waals surface area contributed by atoms with Gasteiger partial charge in [0.25, 0.3) is 0 Å². The maximum absolute atomic E-state index is 11.2. The highest BCUT2D eigenvalue weighted by Crippen LogP contribution is 2.26. The first kappa shape index (κ1) is 12.1. The van der Waals surface area contributed by atoms with E-state index in [0.717, 1.165) is 24.2 Å². The second-order valence-corrected chi connectivity index (χ2v) is 4.90. The second-order valence-electron chi connectivity index (χ2n) is 4.90. The van der Waals surface area contributed by atoms with E-state index in [9.17, 15) is 9.90 Å². The molecule has 2 atom stereocenters. The summed E-state index contributed by atoms with van der Waals surface area (Å²) in [5, 5.41) is 13.4. The van der Waals surface area contributed by atoms with Crippen LogP contribution in [0.1, 0.15) is 24.6 Å². The van der Waals surface area contributed by atoms with E-state index in [4.69, 9.17) is 0 Å². The zero-order valence-electron chi connectivity index (χ0n) is 10.6. The van der Waals surface area contributed by atoms with Crippen molar-refractivity contribution in [2.75, 3.05) is 6.54 Å². The molecular formula is C12H19N3O2. The van der Waals surface area contributed by atoms with E-state index in [0.29, 0.717) is 6.54 Å². The number of aromatic nitrogens is 2. The van der Waals surface area contributed by atoms with Gasteiger partial charge in [-0.05, 0) is 25.8 Å². The van der Waals surface area contributed by atoms with Gasteiger partial charge in [0.2, 0.25) is 0 Å². The summed E-state index contributed by atoms with van der Waals surface area (Å²) in [6, 6.07) is -0.352. The molecule has 0 radical (unpaired) electrons. The summed E-state index contributed by atoms with van der Waals surface area (Å²) >= 11 is 0. The minimum atomic E-state index is -0.712. The zero-order valence-corrected chi connectivity index (χ0v) is 10.6. The number of hydrogen-bond donors (Lipinski definition) is 1. The van der Waals surface area contributed by atoms with Crippen LogP contribution < -0.4 is 0 Å². The summed E-state index contributed by atoms with van der Waals surface area (Å²) in [6.07, 6.45) is 2.79. The maximum atomic E-state index is 11.2. The number of carboxylic acid groups (broad SMARTS) is 1. The maximum Gasteiger partial charge on any atom is 0.321 e. The van der Waals surface area contributed by atoms with Crippen molar-refractivity contribution in [1.29, 1.82) is 0 Å². The molecular weight excluding hydrogens is 218 g/mol. The van der Waals surface area contributed by atoms with Crippen molar-refractivity contribution in [2.45, 2.75) is 32.9 Å². The van der Waals surface area contributed by atoms with Crippen molar-refractivity contribution in [3.05, 3.63) is 17.5 Å². The number of aryl methyl sites for hydroxylation is 1. The molecule has 1 saturated heterocycles. The smallest absolute Gasteiger partial charge is 0.321 e. The van der Waals surface area contributed by atoms with Gasteiger partial charge in [0.1, 0.15) is 6.04 Å². The molecule has 1 aromatic heterocycles. The molecule has 0 amide bonds. The number of likely N-dealkylation sites (tertiary alicyclic amines) is 1. The number of hydrogen-bond acceptors (Lipinski definition) is 3. The van der Waals surface area contributed by atoms with Gasteiger partial charge in [0, 0.05) is 24.8 Å². The lowest BCUT2D eigenvalue weighted by Crippen LogP contribution is -2.38. The number of carbonyl (C=O) groups is 1. The molecule has 1 N–H and O–H groups in total. The van der Waals surface area contributed by atoms with E-state index in [1.807, 2.05) is 36.7 Å². The summed E-state index contributed by atoms with van der Waals surface area (Å²) in [6.45, 7) is 5.56. The molecule has 1 aliphatic heterocycles. The van der Waals surface area contributed by atoms with Gasteiger partial charge in [-0.2, -0.15) is 5.10 Å².